The van der Waals surface area contributed by atoms with Gasteiger partial charge in [-0.3, -0.25) is 33.6 Å². The van der Waals surface area contributed by atoms with Gasteiger partial charge in [-0.25, -0.2) is 0 Å². The van der Waals surface area contributed by atoms with E-state index in [0.717, 1.165) is 5.56 Å². The van der Waals surface area contributed by atoms with Crippen molar-refractivity contribution in [2.24, 2.45) is 5.92 Å². The van der Waals surface area contributed by atoms with Gasteiger partial charge in [-0.1, -0.05) is 44.2 Å². The molecule has 0 radical (unpaired) electrons. The van der Waals surface area contributed by atoms with Crippen LogP contribution in [-0.4, -0.2) is 105 Å². The van der Waals surface area contributed by atoms with Crippen LogP contribution in [0.2, 0.25) is 0 Å². The van der Waals surface area contributed by atoms with Gasteiger partial charge in [0.15, 0.2) is 0 Å². The van der Waals surface area contributed by atoms with Crippen LogP contribution in [0.3, 0.4) is 0 Å². The number of nitrogens with zero attached hydrogens (tertiary/aromatic N) is 1. The molecule has 252 valence electrons. The summed E-state index contributed by atoms with van der Waals surface area (Å²) in [6.07, 6.45) is -1.37. The number of hydrogen-bond acceptors (Lipinski definition) is 8. The first kappa shape index (κ1) is 35.9. The molecule has 15 heteroatoms. The van der Waals surface area contributed by atoms with E-state index < -0.39 is 90.2 Å². The topological polar surface area (TPSA) is 223 Å². The lowest BCUT2D eigenvalue weighted by Crippen LogP contribution is -2.62. The third-order valence-electron chi connectivity index (χ3n) is 7.90. The quantitative estimate of drug-likeness (QED) is 0.185. The molecule has 2 aliphatic heterocycles. The zero-order valence-electron chi connectivity index (χ0n) is 26.4. The Balaban J connectivity index is 2.04. The van der Waals surface area contributed by atoms with E-state index in [2.05, 4.69) is 26.6 Å². The summed E-state index contributed by atoms with van der Waals surface area (Å²) in [6, 6.07) is 1.09. The van der Waals surface area contributed by atoms with Crippen molar-refractivity contribution in [1.82, 2.24) is 31.5 Å². The number of rotatable bonds is 7. The van der Waals surface area contributed by atoms with Gasteiger partial charge in [-0.05, 0) is 44.6 Å². The highest BCUT2D eigenvalue weighted by atomic mass is 16.4. The standard InChI is InChI=1S/C31H44N6O9/c1-16(2)13-20-26(41)34-22(15-24(39)40)28(43)36-25(18(4)38)30(45)32-17(3)31(46)37-12-8-11-23(37)29(44)35-21(27(42)33-20)14-19-9-6-5-7-10-19/h5-7,9-10,16-18,20-23,25,38H,8,11-15H2,1-4H3,(H,32,45)(H,33,42)(H,34,41)(H,35,44)(H,36,43)(H,39,40)/t17-,18+,20-,21-,22-,23+,25-/m0/s1. The minimum atomic E-state index is -1.69. The molecule has 6 amide bonds. The first-order valence-corrected chi connectivity index (χ1v) is 15.4. The van der Waals surface area contributed by atoms with Crippen molar-refractivity contribution >= 4 is 41.4 Å². The van der Waals surface area contributed by atoms with Crippen molar-refractivity contribution < 1.29 is 43.8 Å². The molecule has 0 spiro atoms. The van der Waals surface area contributed by atoms with E-state index in [4.69, 9.17) is 0 Å². The molecule has 46 heavy (non-hydrogen) atoms. The second-order valence-corrected chi connectivity index (χ2v) is 12.2. The summed E-state index contributed by atoms with van der Waals surface area (Å²) < 4.78 is 0. The number of carboxylic acids is 1. The molecule has 7 N–H and O–H groups in total. The van der Waals surface area contributed by atoms with Crippen LogP contribution >= 0.6 is 0 Å². The molecule has 1 aromatic rings. The fourth-order valence-electron chi connectivity index (χ4n) is 5.53. The maximum Gasteiger partial charge on any atom is 0.305 e. The van der Waals surface area contributed by atoms with Crippen LogP contribution in [0.5, 0.6) is 0 Å². The number of fused-ring (bicyclic) bond motifs is 1. The summed E-state index contributed by atoms with van der Waals surface area (Å²) in [5, 5.41) is 32.3. The number of hydrogen-bond donors (Lipinski definition) is 7. The van der Waals surface area contributed by atoms with Gasteiger partial charge in [0.05, 0.1) is 12.5 Å². The second-order valence-electron chi connectivity index (χ2n) is 12.2. The number of benzene rings is 1. The van der Waals surface area contributed by atoms with E-state index in [1.807, 2.05) is 0 Å². The lowest BCUT2D eigenvalue weighted by atomic mass is 10.00. The number of aliphatic hydroxyl groups excluding tert-OH is 1. The SMILES string of the molecule is CC(C)C[C@@H]1NC(=O)[C@H](Cc2ccccc2)NC(=O)[C@H]2CCCN2C(=O)[C@H](C)NC(=O)[C@H]([C@@H](C)O)NC(=O)[C@H](CC(=O)O)NC1=O. The van der Waals surface area contributed by atoms with Gasteiger partial charge in [0.25, 0.3) is 0 Å². The molecular formula is C31H44N6O9. The first-order chi connectivity index (χ1) is 21.7. The Morgan fingerprint density at radius 2 is 1.41 bits per heavy atom. The Morgan fingerprint density at radius 3 is 2.02 bits per heavy atom. The molecule has 3 rings (SSSR count). The third-order valence-corrected chi connectivity index (χ3v) is 7.90. The average molecular weight is 645 g/mol. The Hall–Kier alpha value is -4.53. The highest BCUT2D eigenvalue weighted by molar-refractivity contribution is 5.99. The van der Waals surface area contributed by atoms with E-state index in [0.29, 0.717) is 12.8 Å². The van der Waals surface area contributed by atoms with E-state index in [9.17, 15) is 43.8 Å². The fraction of sp³-hybridized carbons (Fsp3) is 0.581. The Labute approximate surface area is 267 Å². The summed E-state index contributed by atoms with van der Waals surface area (Å²) in [4.78, 5) is 93.6. The average Bonchev–Trinajstić information content (AvgIpc) is 3.47. The Kier molecular flexibility index (Phi) is 12.6. The summed E-state index contributed by atoms with van der Waals surface area (Å²) >= 11 is 0. The minimum absolute atomic E-state index is 0.0618. The van der Waals surface area contributed by atoms with Crippen LogP contribution < -0.4 is 26.6 Å². The van der Waals surface area contributed by atoms with Crippen molar-refractivity contribution in [3.63, 3.8) is 0 Å². The van der Waals surface area contributed by atoms with E-state index in [1.54, 1.807) is 44.2 Å². The molecule has 0 aliphatic carbocycles. The highest BCUT2D eigenvalue weighted by Crippen LogP contribution is 2.20. The minimum Gasteiger partial charge on any atom is -0.481 e. The second kappa shape index (κ2) is 16.2. The molecule has 0 saturated carbocycles. The van der Waals surface area contributed by atoms with Gasteiger partial charge < -0.3 is 41.7 Å². The van der Waals surface area contributed by atoms with Gasteiger partial charge in [0, 0.05) is 13.0 Å². The monoisotopic (exact) mass is 644 g/mol. The Bertz CT molecular complexity index is 1300. The summed E-state index contributed by atoms with van der Waals surface area (Å²) in [5.74, 6) is -6.28. The lowest BCUT2D eigenvalue weighted by Gasteiger charge is -2.31. The summed E-state index contributed by atoms with van der Waals surface area (Å²) in [6.45, 7) is 6.43. The third kappa shape index (κ3) is 9.73. The fourth-order valence-corrected chi connectivity index (χ4v) is 5.53. The molecule has 0 aromatic heterocycles. The number of carbonyl (C=O) groups is 7. The molecule has 15 nitrogen and oxygen atoms in total. The number of aliphatic hydroxyl groups is 1. The maximum atomic E-state index is 13.7. The number of amides is 6. The summed E-state index contributed by atoms with van der Waals surface area (Å²) in [5.41, 5.74) is 0.719. The zero-order valence-corrected chi connectivity index (χ0v) is 26.4. The molecule has 0 bridgehead atoms. The predicted octanol–water partition coefficient (Wildman–Crippen LogP) is -1.42. The molecule has 2 saturated heterocycles. The van der Waals surface area contributed by atoms with Crippen molar-refractivity contribution in [3.05, 3.63) is 35.9 Å². The molecule has 2 aliphatic rings. The summed E-state index contributed by atoms with van der Waals surface area (Å²) in [7, 11) is 0. The number of aliphatic carboxylic acids is 1. The van der Waals surface area contributed by atoms with Crippen LogP contribution in [-0.2, 0) is 40.0 Å². The van der Waals surface area contributed by atoms with Gasteiger partial charge in [-0.15, -0.1) is 0 Å². The smallest absolute Gasteiger partial charge is 0.305 e. The lowest BCUT2D eigenvalue weighted by molar-refractivity contribution is -0.143. The normalized spacial score (nSPS) is 27.7. The predicted molar refractivity (Wildman–Crippen MR) is 164 cm³/mol. The molecule has 2 heterocycles. The van der Waals surface area contributed by atoms with Gasteiger partial charge >= 0.3 is 5.97 Å². The van der Waals surface area contributed by atoms with Crippen molar-refractivity contribution in [2.45, 2.75) is 102 Å². The number of carboxylic acid groups (broad SMARTS) is 1. The molecular weight excluding hydrogens is 600 g/mol. The van der Waals surface area contributed by atoms with Gasteiger partial charge in [-0.2, -0.15) is 0 Å². The molecule has 0 unspecified atom stereocenters. The van der Waals surface area contributed by atoms with Crippen molar-refractivity contribution in [2.75, 3.05) is 6.54 Å². The largest absolute Gasteiger partial charge is 0.481 e. The van der Waals surface area contributed by atoms with Crippen LogP contribution in [0.25, 0.3) is 0 Å². The van der Waals surface area contributed by atoms with Gasteiger partial charge in [0.1, 0.15) is 36.3 Å². The number of nitrogens with one attached hydrogen (secondary N) is 5. The molecule has 2 fully saturated rings. The van der Waals surface area contributed by atoms with Crippen LogP contribution in [0.15, 0.2) is 30.3 Å². The van der Waals surface area contributed by atoms with E-state index in [1.165, 1.54) is 18.7 Å². The zero-order chi connectivity index (χ0) is 34.1. The van der Waals surface area contributed by atoms with Crippen LogP contribution in [0, 0.1) is 5.92 Å². The Morgan fingerprint density at radius 1 is 0.826 bits per heavy atom. The van der Waals surface area contributed by atoms with Crippen molar-refractivity contribution in [1.29, 1.82) is 0 Å². The maximum absolute atomic E-state index is 13.7. The van der Waals surface area contributed by atoms with E-state index >= 15 is 0 Å². The first-order valence-electron chi connectivity index (χ1n) is 15.4. The van der Waals surface area contributed by atoms with E-state index in [-0.39, 0.29) is 25.3 Å². The number of carbonyl (C=O) groups excluding carboxylic acids is 6. The molecule has 1 aromatic carbocycles. The highest BCUT2D eigenvalue weighted by Gasteiger charge is 2.40. The van der Waals surface area contributed by atoms with Crippen LogP contribution in [0.1, 0.15) is 58.9 Å². The van der Waals surface area contributed by atoms with Crippen LogP contribution in [0.4, 0.5) is 0 Å². The van der Waals surface area contributed by atoms with Crippen molar-refractivity contribution in [3.8, 4) is 0 Å². The van der Waals surface area contributed by atoms with Gasteiger partial charge in [0.2, 0.25) is 35.4 Å². The molecule has 7 atom stereocenters.